The zero-order valence-electron chi connectivity index (χ0n) is 4.13. The molecule has 0 aromatic rings. The van der Waals surface area contributed by atoms with Gasteiger partial charge in [0.2, 0.25) is 0 Å². The van der Waals surface area contributed by atoms with Crippen molar-refractivity contribution in [1.82, 2.24) is 0 Å². The van der Waals surface area contributed by atoms with Crippen LogP contribution in [0.5, 0.6) is 0 Å². The molecule has 1 nitrogen and oxygen atoms in total. The molecule has 0 atom stereocenters. The molecule has 1 rings (SSSR count). The second-order valence-corrected chi connectivity index (χ2v) is 1.09. The number of hydrogen-bond donors (Lipinski definition) is 0. The van der Waals surface area contributed by atoms with Crippen LogP contribution >= 0.6 is 0 Å². The van der Waals surface area contributed by atoms with E-state index in [-0.39, 0.29) is 43.2 Å². The van der Waals surface area contributed by atoms with Gasteiger partial charge in [0.25, 0.3) is 0 Å². The van der Waals surface area contributed by atoms with Crippen LogP contribution in [0.2, 0.25) is 0 Å². The Morgan fingerprint density at radius 1 is 1.00 bits per heavy atom. The summed E-state index contributed by atoms with van der Waals surface area (Å²) in [6, 6.07) is 0. The molecular weight excluding hydrogens is 116 g/mol. The summed E-state index contributed by atoms with van der Waals surface area (Å²) >= 11 is 0. The molecule has 0 aromatic carbocycles. The molecule has 0 N–H and O–H groups in total. The fraction of sp³-hybridized carbons (Fsp3) is 0.200. The molecule has 0 radical (unpaired) electrons. The summed E-state index contributed by atoms with van der Waals surface area (Å²) in [6.07, 6.45) is 9.50. The van der Waals surface area contributed by atoms with E-state index in [9.17, 15) is 0 Å². The molecule has 1 aliphatic carbocycles. The number of allylic oxidation sites excluding steroid dienone is 4. The predicted octanol–water partition coefficient (Wildman–Crippen LogP) is 1.00. The maximum atomic E-state index is 2.12. The molecule has 2 heteroatoms. The van der Waals surface area contributed by atoms with Crippen LogP contribution in [-0.2, 0) is 5.48 Å². The third kappa shape index (κ3) is 4.56. The van der Waals surface area contributed by atoms with Gasteiger partial charge >= 0.3 is 37.7 Å². The van der Waals surface area contributed by atoms with Crippen molar-refractivity contribution >= 4 is 37.7 Å². The Kier molecular flexibility index (Phi) is 10.2. The van der Waals surface area contributed by atoms with Crippen LogP contribution in [0.15, 0.2) is 24.3 Å². The molecule has 0 heterocycles. The molecule has 0 spiro atoms. The minimum Gasteiger partial charge on any atom is -2.00 e. The molecule has 0 saturated heterocycles. The van der Waals surface area contributed by atoms with Gasteiger partial charge in [0.15, 0.2) is 0 Å². The Morgan fingerprint density at radius 2 is 1.43 bits per heavy atom. The molecule has 0 aromatic heterocycles. The first kappa shape index (κ1) is 10.6. The van der Waals surface area contributed by atoms with E-state index in [1.54, 1.807) is 0 Å². The van der Waals surface area contributed by atoms with Crippen LogP contribution < -0.4 is 0 Å². The van der Waals surface area contributed by atoms with Gasteiger partial charge in [0.05, 0.1) is 0 Å². The van der Waals surface area contributed by atoms with Gasteiger partial charge in [-0.25, -0.2) is 0 Å². The molecule has 1 aliphatic rings. The molecule has 0 aliphatic heterocycles. The summed E-state index contributed by atoms with van der Waals surface area (Å²) in [5.74, 6) is 0. The third-order valence-corrected chi connectivity index (χ3v) is 0.655. The van der Waals surface area contributed by atoms with Crippen LogP contribution in [0, 0.1) is 0 Å². The van der Waals surface area contributed by atoms with Gasteiger partial charge in [-0.15, -0.1) is 0 Å². The second kappa shape index (κ2) is 6.70. The predicted molar refractivity (Wildman–Crippen MR) is 29.3 cm³/mol. The van der Waals surface area contributed by atoms with Gasteiger partial charge in [0, 0.05) is 0 Å². The summed E-state index contributed by atoms with van der Waals surface area (Å²) < 4.78 is 0. The zero-order valence-corrected chi connectivity index (χ0v) is 6.34. The molecule has 0 bridgehead atoms. The van der Waals surface area contributed by atoms with E-state index in [4.69, 9.17) is 0 Å². The molecule has 0 amide bonds. The van der Waals surface area contributed by atoms with Crippen LogP contribution in [0.25, 0.3) is 0 Å². The average molecular weight is 122 g/mol. The first-order chi connectivity index (χ1) is 2.50. The van der Waals surface area contributed by atoms with E-state index in [2.05, 4.69) is 24.3 Å². The van der Waals surface area contributed by atoms with Gasteiger partial charge in [-0.3, -0.25) is 0 Å². The maximum absolute atomic E-state index is 2.12. The van der Waals surface area contributed by atoms with Crippen molar-refractivity contribution in [2.45, 2.75) is 6.42 Å². The summed E-state index contributed by atoms with van der Waals surface area (Å²) in [6.45, 7) is 0. The fourth-order valence-corrected chi connectivity index (χ4v) is 0.393. The molecule has 7 heavy (non-hydrogen) atoms. The Labute approximate surface area is 73.4 Å². The summed E-state index contributed by atoms with van der Waals surface area (Å²) in [5, 5.41) is 0. The fourth-order valence-electron chi connectivity index (χ4n) is 0.393. The van der Waals surface area contributed by atoms with E-state index in [1.165, 1.54) is 0 Å². The Balaban J connectivity index is 0. The van der Waals surface area contributed by atoms with Crippen molar-refractivity contribution in [3.05, 3.63) is 24.3 Å². The first-order valence-electron chi connectivity index (χ1n) is 1.82. The molecular formula is C5H6CaO. The van der Waals surface area contributed by atoms with E-state index in [1.807, 2.05) is 0 Å². The largest absolute Gasteiger partial charge is 2.00 e. The van der Waals surface area contributed by atoms with Crippen LogP contribution in [0.1, 0.15) is 6.42 Å². The first-order valence-corrected chi connectivity index (χ1v) is 1.82. The average Bonchev–Trinajstić information content (AvgIpc) is 1.76. The topological polar surface area (TPSA) is 28.5 Å². The normalized spacial score (nSPS) is 12.6. The quantitative estimate of drug-likeness (QED) is 0.429. The van der Waals surface area contributed by atoms with Gasteiger partial charge in [-0.05, 0) is 6.42 Å². The molecule has 0 unspecified atom stereocenters. The van der Waals surface area contributed by atoms with Gasteiger partial charge in [-0.2, -0.15) is 0 Å². The SMILES string of the molecule is C1=CCC=C1.[Ca+2].[O-2]. The van der Waals surface area contributed by atoms with Gasteiger partial charge in [-0.1, -0.05) is 24.3 Å². The van der Waals surface area contributed by atoms with E-state index < -0.39 is 0 Å². The van der Waals surface area contributed by atoms with Gasteiger partial charge in [0.1, 0.15) is 0 Å². The minimum atomic E-state index is 0. The number of hydrogen-bond acceptors (Lipinski definition) is 0. The Hall–Kier alpha value is 0.700. The van der Waals surface area contributed by atoms with Crippen molar-refractivity contribution in [3.63, 3.8) is 0 Å². The Morgan fingerprint density at radius 3 is 1.57 bits per heavy atom. The van der Waals surface area contributed by atoms with Crippen molar-refractivity contribution < 1.29 is 5.48 Å². The van der Waals surface area contributed by atoms with Crippen molar-refractivity contribution in [1.29, 1.82) is 0 Å². The molecule has 0 saturated carbocycles. The maximum Gasteiger partial charge on any atom is 2.00 e. The monoisotopic (exact) mass is 122 g/mol. The second-order valence-electron chi connectivity index (χ2n) is 1.09. The molecule has 34 valence electrons. The van der Waals surface area contributed by atoms with E-state index in [0.29, 0.717) is 0 Å². The van der Waals surface area contributed by atoms with E-state index >= 15 is 0 Å². The summed E-state index contributed by atoms with van der Waals surface area (Å²) in [4.78, 5) is 0. The van der Waals surface area contributed by atoms with Crippen molar-refractivity contribution in [3.8, 4) is 0 Å². The van der Waals surface area contributed by atoms with Crippen LogP contribution in [-0.4, -0.2) is 37.7 Å². The van der Waals surface area contributed by atoms with Crippen LogP contribution in [0.4, 0.5) is 0 Å². The summed E-state index contributed by atoms with van der Waals surface area (Å²) in [5.41, 5.74) is 0. The van der Waals surface area contributed by atoms with Crippen LogP contribution in [0.3, 0.4) is 0 Å². The minimum absolute atomic E-state index is 0. The summed E-state index contributed by atoms with van der Waals surface area (Å²) in [7, 11) is 0. The van der Waals surface area contributed by atoms with Crippen molar-refractivity contribution in [2.75, 3.05) is 0 Å². The van der Waals surface area contributed by atoms with Gasteiger partial charge < -0.3 is 5.48 Å². The smallest absolute Gasteiger partial charge is 2.00 e. The standard InChI is InChI=1S/C5H6.Ca.O/c1-2-4-5-3-1;;/h1-4H,5H2;;/q;+2;-2. The zero-order chi connectivity index (χ0) is 3.54. The molecule has 0 fully saturated rings. The van der Waals surface area contributed by atoms with Crippen molar-refractivity contribution in [2.24, 2.45) is 0 Å². The van der Waals surface area contributed by atoms with E-state index in [0.717, 1.165) is 6.42 Å². The third-order valence-electron chi connectivity index (χ3n) is 0.655. The Bertz CT molecular complexity index is 66.1. The number of rotatable bonds is 0.